The summed E-state index contributed by atoms with van der Waals surface area (Å²) < 4.78 is 16.0. The molecule has 1 aliphatic rings. The summed E-state index contributed by atoms with van der Waals surface area (Å²) in [6.45, 7) is 1.94. The number of nitrogens with zero attached hydrogens (tertiary/aromatic N) is 1. The van der Waals surface area contributed by atoms with Crippen molar-refractivity contribution in [1.29, 1.82) is 0 Å². The lowest BCUT2D eigenvalue weighted by Crippen LogP contribution is -2.29. The van der Waals surface area contributed by atoms with E-state index in [0.29, 0.717) is 28.5 Å². The first kappa shape index (κ1) is 22.9. The Morgan fingerprint density at radius 1 is 0.824 bits per heavy atom. The number of amides is 1. The first-order chi connectivity index (χ1) is 16.4. The lowest BCUT2D eigenvalue weighted by atomic mass is 9.94. The molecule has 1 unspecified atom stereocenters. The van der Waals surface area contributed by atoms with E-state index < -0.39 is 17.7 Å². The number of rotatable bonds is 6. The molecular weight excluding hydrogens is 434 g/mol. The topological polar surface area (TPSA) is 85.3 Å². The van der Waals surface area contributed by atoms with Gasteiger partial charge in [-0.2, -0.15) is 0 Å². The number of hydrogen-bond acceptors (Lipinski definition) is 6. The predicted molar refractivity (Wildman–Crippen MR) is 129 cm³/mol. The SMILES string of the molecule is COc1ccc(C2/C(=C(\O)c3cc(OC)ccc3OC)C(=O)C(=O)N2c2ccc(C)cc2)cc1. The minimum absolute atomic E-state index is 0.0395. The van der Waals surface area contributed by atoms with Gasteiger partial charge in [-0.25, -0.2) is 0 Å². The maximum Gasteiger partial charge on any atom is 0.300 e. The third kappa shape index (κ3) is 3.96. The molecule has 1 N–H and O–H groups in total. The molecule has 7 heteroatoms. The fourth-order valence-corrected chi connectivity index (χ4v) is 4.05. The summed E-state index contributed by atoms with van der Waals surface area (Å²) in [6, 6.07) is 18.4. The second-order valence-electron chi connectivity index (χ2n) is 7.84. The minimum atomic E-state index is -0.857. The lowest BCUT2D eigenvalue weighted by Gasteiger charge is -2.26. The van der Waals surface area contributed by atoms with Crippen molar-refractivity contribution < 1.29 is 28.9 Å². The molecule has 0 spiro atoms. The Kier molecular flexibility index (Phi) is 6.27. The zero-order valence-electron chi connectivity index (χ0n) is 19.4. The summed E-state index contributed by atoms with van der Waals surface area (Å²) in [5.41, 5.74) is 2.42. The minimum Gasteiger partial charge on any atom is -0.507 e. The Morgan fingerprint density at radius 3 is 2.03 bits per heavy atom. The van der Waals surface area contributed by atoms with Crippen molar-refractivity contribution in [3.8, 4) is 17.2 Å². The van der Waals surface area contributed by atoms with E-state index in [-0.39, 0.29) is 16.9 Å². The predicted octanol–water partition coefficient (Wildman–Crippen LogP) is 4.65. The highest BCUT2D eigenvalue weighted by Crippen LogP contribution is 2.44. The molecule has 1 saturated heterocycles. The monoisotopic (exact) mass is 459 g/mol. The maximum atomic E-state index is 13.3. The number of aliphatic hydroxyl groups excluding tert-OH is 1. The number of aryl methyl sites for hydroxylation is 1. The van der Waals surface area contributed by atoms with Crippen molar-refractivity contribution in [1.82, 2.24) is 0 Å². The van der Waals surface area contributed by atoms with Crippen LogP contribution < -0.4 is 19.1 Å². The van der Waals surface area contributed by atoms with Gasteiger partial charge in [-0.15, -0.1) is 0 Å². The first-order valence-electron chi connectivity index (χ1n) is 10.6. The normalized spacial score (nSPS) is 17.1. The smallest absolute Gasteiger partial charge is 0.300 e. The largest absolute Gasteiger partial charge is 0.507 e. The fraction of sp³-hybridized carbons (Fsp3) is 0.185. The van der Waals surface area contributed by atoms with Crippen LogP contribution in [0.2, 0.25) is 0 Å². The number of aliphatic hydroxyl groups is 1. The summed E-state index contributed by atoms with van der Waals surface area (Å²) in [6.07, 6.45) is 0. The molecule has 0 aromatic heterocycles. The number of ether oxygens (including phenoxy) is 3. The molecule has 174 valence electrons. The van der Waals surface area contributed by atoms with Crippen molar-refractivity contribution in [2.75, 3.05) is 26.2 Å². The summed E-state index contributed by atoms with van der Waals surface area (Å²) in [5, 5.41) is 11.4. The van der Waals surface area contributed by atoms with Crippen molar-refractivity contribution in [2.45, 2.75) is 13.0 Å². The Labute approximate surface area is 197 Å². The Balaban J connectivity index is 1.97. The van der Waals surface area contributed by atoms with Gasteiger partial charge in [0.1, 0.15) is 23.0 Å². The number of methoxy groups -OCH3 is 3. The molecule has 0 radical (unpaired) electrons. The van der Waals surface area contributed by atoms with E-state index in [1.54, 1.807) is 61.7 Å². The molecule has 34 heavy (non-hydrogen) atoms. The summed E-state index contributed by atoms with van der Waals surface area (Å²) in [5.74, 6) is -0.420. The van der Waals surface area contributed by atoms with Crippen LogP contribution in [0.15, 0.2) is 72.3 Å². The van der Waals surface area contributed by atoms with E-state index in [9.17, 15) is 14.7 Å². The highest BCUT2D eigenvalue weighted by Gasteiger charge is 2.47. The van der Waals surface area contributed by atoms with E-state index >= 15 is 0 Å². The number of anilines is 1. The number of carbonyl (C=O) groups excluding carboxylic acids is 2. The molecule has 3 aromatic carbocycles. The standard InChI is InChI=1S/C27H25NO6/c1-16-5-9-18(10-6-16)28-24(17-7-11-19(32-2)12-8-17)23(26(30)27(28)31)25(29)21-15-20(33-3)13-14-22(21)34-4/h5-15,24,29H,1-4H3/b25-23+. The quantitative estimate of drug-likeness (QED) is 0.328. The van der Waals surface area contributed by atoms with Gasteiger partial charge in [0, 0.05) is 5.69 Å². The van der Waals surface area contributed by atoms with Crippen LogP contribution >= 0.6 is 0 Å². The highest BCUT2D eigenvalue weighted by atomic mass is 16.5. The van der Waals surface area contributed by atoms with Crippen LogP contribution in [0.3, 0.4) is 0 Å². The van der Waals surface area contributed by atoms with Gasteiger partial charge in [-0.3, -0.25) is 14.5 Å². The Bertz CT molecular complexity index is 1260. The fourth-order valence-electron chi connectivity index (χ4n) is 4.05. The molecule has 1 amide bonds. The molecule has 1 heterocycles. The second kappa shape index (κ2) is 9.31. The molecule has 0 aliphatic carbocycles. The molecule has 0 bridgehead atoms. The van der Waals surface area contributed by atoms with Crippen LogP contribution in [0.1, 0.15) is 22.7 Å². The molecule has 1 fully saturated rings. The average Bonchev–Trinajstić information content (AvgIpc) is 3.14. The Hall–Kier alpha value is -4.26. The van der Waals surface area contributed by atoms with Gasteiger partial charge < -0.3 is 19.3 Å². The van der Waals surface area contributed by atoms with Gasteiger partial charge in [0.2, 0.25) is 0 Å². The molecule has 1 atom stereocenters. The van der Waals surface area contributed by atoms with Crippen LogP contribution in [0, 0.1) is 6.92 Å². The zero-order valence-corrected chi connectivity index (χ0v) is 19.4. The van der Waals surface area contributed by atoms with Crippen LogP contribution in [0.4, 0.5) is 5.69 Å². The molecule has 3 aromatic rings. The highest BCUT2D eigenvalue weighted by molar-refractivity contribution is 6.51. The summed E-state index contributed by atoms with van der Waals surface area (Å²) in [7, 11) is 4.52. The number of ketones is 1. The van der Waals surface area contributed by atoms with Gasteiger partial charge >= 0.3 is 0 Å². The van der Waals surface area contributed by atoms with E-state index in [4.69, 9.17) is 14.2 Å². The summed E-state index contributed by atoms with van der Waals surface area (Å²) >= 11 is 0. The molecule has 0 saturated carbocycles. The molecule has 7 nitrogen and oxygen atoms in total. The van der Waals surface area contributed by atoms with Gasteiger partial charge in [0.15, 0.2) is 0 Å². The molecule has 4 rings (SSSR count). The maximum absolute atomic E-state index is 13.3. The number of Topliss-reactive ketones (excluding diaryl/α,β-unsaturated/α-hetero) is 1. The van der Waals surface area contributed by atoms with Crippen molar-refractivity contribution >= 4 is 23.1 Å². The van der Waals surface area contributed by atoms with Gasteiger partial charge in [-0.1, -0.05) is 29.8 Å². The lowest BCUT2D eigenvalue weighted by molar-refractivity contribution is -0.132. The number of carbonyl (C=O) groups is 2. The third-order valence-corrected chi connectivity index (χ3v) is 5.85. The van der Waals surface area contributed by atoms with Gasteiger partial charge in [0.25, 0.3) is 11.7 Å². The van der Waals surface area contributed by atoms with Crippen LogP contribution in [-0.4, -0.2) is 38.1 Å². The van der Waals surface area contributed by atoms with Crippen LogP contribution in [0.25, 0.3) is 5.76 Å². The van der Waals surface area contributed by atoms with E-state index in [2.05, 4.69) is 0 Å². The van der Waals surface area contributed by atoms with Crippen molar-refractivity contribution in [2.24, 2.45) is 0 Å². The zero-order chi connectivity index (χ0) is 24.4. The average molecular weight is 459 g/mol. The van der Waals surface area contributed by atoms with E-state index in [1.807, 2.05) is 19.1 Å². The van der Waals surface area contributed by atoms with Crippen molar-refractivity contribution in [3.63, 3.8) is 0 Å². The number of benzene rings is 3. The first-order valence-corrected chi connectivity index (χ1v) is 10.6. The van der Waals surface area contributed by atoms with E-state index in [0.717, 1.165) is 5.56 Å². The molecular formula is C27H25NO6. The van der Waals surface area contributed by atoms with Gasteiger partial charge in [-0.05, 0) is 55.0 Å². The number of hydrogen-bond donors (Lipinski definition) is 1. The van der Waals surface area contributed by atoms with Crippen molar-refractivity contribution in [3.05, 3.63) is 89.0 Å². The van der Waals surface area contributed by atoms with Gasteiger partial charge in [0.05, 0.1) is 38.5 Å². The van der Waals surface area contributed by atoms with Crippen LogP contribution in [0.5, 0.6) is 17.2 Å². The molecule has 1 aliphatic heterocycles. The Morgan fingerprint density at radius 2 is 1.44 bits per heavy atom. The second-order valence-corrected chi connectivity index (χ2v) is 7.84. The van der Waals surface area contributed by atoms with Crippen LogP contribution in [-0.2, 0) is 9.59 Å². The third-order valence-electron chi connectivity index (χ3n) is 5.85. The van der Waals surface area contributed by atoms with E-state index in [1.165, 1.54) is 19.1 Å². The summed E-state index contributed by atoms with van der Waals surface area (Å²) in [4.78, 5) is 28.0.